The Balaban J connectivity index is 1.56. The molecule has 2 fully saturated rings. The van der Waals surface area contributed by atoms with Crippen LogP contribution in [-0.2, 0) is 4.79 Å². The molecule has 0 radical (unpaired) electrons. The molecule has 2 saturated heterocycles. The number of para-hydroxylation sites is 1. The van der Waals surface area contributed by atoms with E-state index in [1.54, 1.807) is 24.3 Å². The number of carbonyl (C=O) groups excluding carboxylic acids is 1. The number of fused-ring (bicyclic) bond motifs is 1. The fourth-order valence-electron chi connectivity index (χ4n) is 3.13. The van der Waals surface area contributed by atoms with Crippen LogP contribution >= 0.6 is 0 Å². The van der Waals surface area contributed by atoms with Crippen molar-refractivity contribution in [2.24, 2.45) is 0 Å². The summed E-state index contributed by atoms with van der Waals surface area (Å²) in [6.45, 7) is 3.72. The number of ether oxygens (including phenoxy) is 1. The van der Waals surface area contributed by atoms with Crippen LogP contribution in [0.5, 0.6) is 5.75 Å². The number of benzene rings is 1. The molecular weight excluding hydrogens is 266 g/mol. The van der Waals surface area contributed by atoms with Crippen molar-refractivity contribution < 1.29 is 9.53 Å². The van der Waals surface area contributed by atoms with Crippen molar-refractivity contribution >= 4 is 5.91 Å². The molecule has 5 heteroatoms. The maximum atomic E-state index is 12.3. The Morgan fingerprint density at radius 3 is 3.05 bits per heavy atom. The molecule has 0 aromatic heterocycles. The molecule has 0 N–H and O–H groups in total. The van der Waals surface area contributed by atoms with Gasteiger partial charge in [-0.05, 0) is 31.5 Å². The number of hydrogen-bond acceptors (Lipinski definition) is 4. The van der Waals surface area contributed by atoms with E-state index in [2.05, 4.69) is 11.0 Å². The molecule has 3 rings (SSSR count). The van der Waals surface area contributed by atoms with E-state index in [4.69, 9.17) is 10.00 Å². The standard InChI is InChI=1S/C16H19N3O2/c17-10-13-4-1-2-6-15(13)21-12-16(20)19-9-8-18-7-3-5-14(18)11-19/h1-2,4,6,14H,3,5,7-9,11-12H2. The number of nitrogens with zero attached hydrogens (tertiary/aromatic N) is 3. The zero-order valence-electron chi connectivity index (χ0n) is 12.0. The molecule has 1 unspecified atom stereocenters. The Bertz CT molecular complexity index is 567. The van der Waals surface area contributed by atoms with Crippen LogP contribution in [0.3, 0.4) is 0 Å². The third-order valence-corrected chi connectivity index (χ3v) is 4.30. The van der Waals surface area contributed by atoms with Gasteiger partial charge in [-0.15, -0.1) is 0 Å². The number of hydrogen-bond donors (Lipinski definition) is 0. The number of rotatable bonds is 3. The maximum absolute atomic E-state index is 12.3. The van der Waals surface area contributed by atoms with Crippen molar-refractivity contribution in [3.05, 3.63) is 29.8 Å². The van der Waals surface area contributed by atoms with Gasteiger partial charge in [0.05, 0.1) is 5.56 Å². The Morgan fingerprint density at radius 2 is 2.19 bits per heavy atom. The molecule has 0 saturated carbocycles. The highest BCUT2D eigenvalue weighted by atomic mass is 16.5. The zero-order chi connectivity index (χ0) is 14.7. The van der Waals surface area contributed by atoms with E-state index in [1.165, 1.54) is 19.4 Å². The lowest BCUT2D eigenvalue weighted by molar-refractivity contribution is -0.135. The molecule has 0 spiro atoms. The van der Waals surface area contributed by atoms with Gasteiger partial charge in [-0.25, -0.2) is 0 Å². The van der Waals surface area contributed by atoms with E-state index in [0.29, 0.717) is 17.4 Å². The normalized spacial score (nSPS) is 21.7. The van der Waals surface area contributed by atoms with E-state index in [9.17, 15) is 4.79 Å². The Kier molecular flexibility index (Phi) is 4.07. The van der Waals surface area contributed by atoms with Gasteiger partial charge in [0.15, 0.2) is 6.61 Å². The van der Waals surface area contributed by atoms with Crippen LogP contribution in [0.1, 0.15) is 18.4 Å². The number of carbonyl (C=O) groups is 1. The summed E-state index contributed by atoms with van der Waals surface area (Å²) in [6.07, 6.45) is 2.42. The first kappa shape index (κ1) is 13.9. The molecule has 1 aromatic carbocycles. The average Bonchev–Trinajstić information content (AvgIpc) is 3.00. The monoisotopic (exact) mass is 285 g/mol. The van der Waals surface area contributed by atoms with Gasteiger partial charge in [0.25, 0.3) is 5.91 Å². The summed E-state index contributed by atoms with van der Waals surface area (Å²) in [5.41, 5.74) is 0.464. The highest BCUT2D eigenvalue weighted by Crippen LogP contribution is 2.22. The summed E-state index contributed by atoms with van der Waals surface area (Å²) in [5, 5.41) is 9.00. The van der Waals surface area contributed by atoms with Gasteiger partial charge in [-0.2, -0.15) is 5.26 Å². The van der Waals surface area contributed by atoms with E-state index in [-0.39, 0.29) is 12.5 Å². The van der Waals surface area contributed by atoms with Crippen molar-refractivity contribution in [3.63, 3.8) is 0 Å². The molecule has 1 atom stereocenters. The van der Waals surface area contributed by atoms with Gasteiger partial charge in [0.1, 0.15) is 11.8 Å². The van der Waals surface area contributed by atoms with Gasteiger partial charge in [0.2, 0.25) is 0 Å². The molecular formula is C16H19N3O2. The Hall–Kier alpha value is -2.06. The number of piperazine rings is 1. The van der Waals surface area contributed by atoms with E-state index in [0.717, 1.165) is 19.6 Å². The van der Waals surface area contributed by atoms with Crippen molar-refractivity contribution in [2.45, 2.75) is 18.9 Å². The summed E-state index contributed by atoms with van der Waals surface area (Å²) >= 11 is 0. The highest BCUT2D eigenvalue weighted by Gasteiger charge is 2.32. The molecule has 0 bridgehead atoms. The average molecular weight is 285 g/mol. The second-order valence-corrected chi connectivity index (χ2v) is 5.57. The van der Waals surface area contributed by atoms with Crippen LogP contribution in [0.4, 0.5) is 0 Å². The first-order valence-electron chi connectivity index (χ1n) is 7.41. The molecule has 1 aromatic rings. The highest BCUT2D eigenvalue weighted by molar-refractivity contribution is 5.78. The molecule has 1 amide bonds. The fraction of sp³-hybridized carbons (Fsp3) is 0.500. The smallest absolute Gasteiger partial charge is 0.260 e. The second kappa shape index (κ2) is 6.15. The lowest BCUT2D eigenvalue weighted by atomic mass is 10.1. The van der Waals surface area contributed by atoms with Gasteiger partial charge < -0.3 is 9.64 Å². The summed E-state index contributed by atoms with van der Waals surface area (Å²) in [5.74, 6) is 0.488. The van der Waals surface area contributed by atoms with Crippen LogP contribution in [0, 0.1) is 11.3 Å². The van der Waals surface area contributed by atoms with Gasteiger partial charge in [0, 0.05) is 25.7 Å². The van der Waals surface area contributed by atoms with E-state index < -0.39 is 0 Å². The Labute approximate surface area is 124 Å². The molecule has 5 nitrogen and oxygen atoms in total. The lowest BCUT2D eigenvalue weighted by Crippen LogP contribution is -2.53. The topological polar surface area (TPSA) is 56.6 Å². The molecule has 110 valence electrons. The van der Waals surface area contributed by atoms with Crippen molar-refractivity contribution in [1.29, 1.82) is 5.26 Å². The molecule has 21 heavy (non-hydrogen) atoms. The second-order valence-electron chi connectivity index (χ2n) is 5.57. The van der Waals surface area contributed by atoms with Crippen LogP contribution in [-0.4, -0.2) is 54.5 Å². The Morgan fingerprint density at radius 1 is 1.33 bits per heavy atom. The van der Waals surface area contributed by atoms with Crippen molar-refractivity contribution in [3.8, 4) is 11.8 Å². The van der Waals surface area contributed by atoms with Crippen molar-refractivity contribution in [2.75, 3.05) is 32.8 Å². The van der Waals surface area contributed by atoms with Crippen LogP contribution in [0.2, 0.25) is 0 Å². The molecule has 0 aliphatic carbocycles. The quantitative estimate of drug-likeness (QED) is 0.838. The van der Waals surface area contributed by atoms with Gasteiger partial charge in [-0.3, -0.25) is 9.69 Å². The molecule has 2 aliphatic rings. The minimum atomic E-state index is 0.00537. The predicted octanol–water partition coefficient (Wildman–Crippen LogP) is 1.24. The number of nitriles is 1. The lowest BCUT2D eigenvalue weighted by Gasteiger charge is -2.37. The van der Waals surface area contributed by atoms with Crippen LogP contribution in [0.15, 0.2) is 24.3 Å². The van der Waals surface area contributed by atoms with Crippen molar-refractivity contribution in [1.82, 2.24) is 9.80 Å². The minimum absolute atomic E-state index is 0.00537. The summed E-state index contributed by atoms with van der Waals surface area (Å²) in [6, 6.07) is 9.60. The van der Waals surface area contributed by atoms with E-state index in [1.807, 2.05) is 4.90 Å². The molecule has 2 aliphatic heterocycles. The summed E-state index contributed by atoms with van der Waals surface area (Å²) < 4.78 is 5.53. The van der Waals surface area contributed by atoms with Gasteiger partial charge >= 0.3 is 0 Å². The predicted molar refractivity (Wildman–Crippen MR) is 77.8 cm³/mol. The third-order valence-electron chi connectivity index (χ3n) is 4.30. The number of amides is 1. The molecule has 2 heterocycles. The summed E-state index contributed by atoms with van der Waals surface area (Å²) in [4.78, 5) is 16.6. The van der Waals surface area contributed by atoms with Crippen LogP contribution in [0.25, 0.3) is 0 Å². The SMILES string of the molecule is N#Cc1ccccc1OCC(=O)N1CCN2CCCC2C1. The fourth-order valence-corrected chi connectivity index (χ4v) is 3.13. The summed E-state index contributed by atoms with van der Waals surface area (Å²) in [7, 11) is 0. The minimum Gasteiger partial charge on any atom is -0.482 e. The zero-order valence-corrected chi connectivity index (χ0v) is 12.0. The third kappa shape index (κ3) is 3.01. The van der Waals surface area contributed by atoms with E-state index >= 15 is 0 Å². The van der Waals surface area contributed by atoms with Gasteiger partial charge in [-0.1, -0.05) is 12.1 Å². The maximum Gasteiger partial charge on any atom is 0.260 e. The first-order valence-corrected chi connectivity index (χ1v) is 7.41. The first-order chi connectivity index (χ1) is 10.3. The largest absolute Gasteiger partial charge is 0.482 e. The van der Waals surface area contributed by atoms with Crippen LogP contribution < -0.4 is 4.74 Å².